The second-order valence-electron chi connectivity index (χ2n) is 7.40. The van der Waals surface area contributed by atoms with Crippen LogP contribution in [0.1, 0.15) is 31.0 Å². The number of hydrogen-bond acceptors (Lipinski definition) is 3. The summed E-state index contributed by atoms with van der Waals surface area (Å²) in [5.41, 5.74) is 2.04. The van der Waals surface area contributed by atoms with Crippen LogP contribution in [0, 0.1) is 12.7 Å². The van der Waals surface area contributed by atoms with Crippen molar-refractivity contribution in [1.82, 2.24) is 18.7 Å². The van der Waals surface area contributed by atoms with Crippen LogP contribution >= 0.6 is 0 Å². The minimum absolute atomic E-state index is 0.218. The number of aromatic nitrogens is 4. The molecule has 0 unspecified atom stereocenters. The van der Waals surface area contributed by atoms with Crippen LogP contribution in [0.15, 0.2) is 64.4 Å². The Morgan fingerprint density at radius 2 is 1.83 bits per heavy atom. The lowest BCUT2D eigenvalue weighted by molar-refractivity contribution is 0.538. The van der Waals surface area contributed by atoms with Gasteiger partial charge in [0.15, 0.2) is 11.2 Å². The lowest BCUT2D eigenvalue weighted by Gasteiger charge is -2.15. The average Bonchev–Trinajstić information content (AvgIpc) is 3.05. The zero-order chi connectivity index (χ0) is 20.7. The van der Waals surface area contributed by atoms with Gasteiger partial charge in [0.2, 0.25) is 0 Å². The van der Waals surface area contributed by atoms with E-state index in [1.807, 2.05) is 31.2 Å². The van der Waals surface area contributed by atoms with E-state index in [-0.39, 0.29) is 11.7 Å². The monoisotopic (exact) mass is 392 g/mol. The highest BCUT2D eigenvalue weighted by molar-refractivity contribution is 5.72. The Morgan fingerprint density at radius 3 is 2.52 bits per heavy atom. The number of benzene rings is 2. The van der Waals surface area contributed by atoms with Crippen molar-refractivity contribution in [3.05, 3.63) is 92.6 Å². The molecule has 0 amide bonds. The number of halogens is 1. The summed E-state index contributed by atoms with van der Waals surface area (Å²) in [6.45, 7) is 5.98. The van der Waals surface area contributed by atoms with E-state index in [9.17, 15) is 14.0 Å². The largest absolute Gasteiger partial charge is 0.337 e. The molecule has 0 bridgehead atoms. The standard InChI is InChI=1S/C22H21FN4O2/c1-14(2)26-21(28)19-20(27(22(26)29)18-9-5-8-17(23)11-18)24-13-25(19)12-16-7-4-6-15(3)10-16/h4-11,13-14H,12H2,1-3H3. The minimum atomic E-state index is -0.538. The Bertz CT molecular complexity index is 1330. The zero-order valence-electron chi connectivity index (χ0n) is 16.5. The second kappa shape index (κ2) is 7.16. The lowest BCUT2D eigenvalue weighted by atomic mass is 10.1. The molecule has 4 rings (SSSR count). The van der Waals surface area contributed by atoms with Gasteiger partial charge in [0, 0.05) is 12.6 Å². The summed E-state index contributed by atoms with van der Waals surface area (Å²) >= 11 is 0. The third-order valence-corrected chi connectivity index (χ3v) is 4.87. The summed E-state index contributed by atoms with van der Waals surface area (Å²) in [7, 11) is 0. The molecule has 0 saturated heterocycles. The van der Waals surface area contributed by atoms with Crippen LogP contribution in [-0.2, 0) is 6.54 Å². The SMILES string of the molecule is Cc1cccc(Cn2cnc3c2c(=O)n(C(C)C)c(=O)n3-c2cccc(F)c2)c1. The van der Waals surface area contributed by atoms with Gasteiger partial charge in [-0.3, -0.25) is 9.36 Å². The number of nitrogens with zero attached hydrogens (tertiary/aromatic N) is 4. The third-order valence-electron chi connectivity index (χ3n) is 4.87. The van der Waals surface area contributed by atoms with E-state index >= 15 is 0 Å². The molecule has 0 N–H and O–H groups in total. The van der Waals surface area contributed by atoms with Gasteiger partial charge in [-0.05, 0) is 44.5 Å². The zero-order valence-corrected chi connectivity index (χ0v) is 16.5. The maximum absolute atomic E-state index is 13.8. The second-order valence-corrected chi connectivity index (χ2v) is 7.40. The van der Waals surface area contributed by atoms with Crippen LogP contribution in [0.5, 0.6) is 0 Å². The molecule has 4 aromatic rings. The molecule has 2 heterocycles. The molecule has 0 atom stereocenters. The normalized spacial score (nSPS) is 11.5. The van der Waals surface area contributed by atoms with Crippen molar-refractivity contribution in [1.29, 1.82) is 0 Å². The van der Waals surface area contributed by atoms with Crippen LogP contribution in [0.3, 0.4) is 0 Å². The molecule has 0 aliphatic heterocycles. The molecule has 29 heavy (non-hydrogen) atoms. The smallest absolute Gasteiger partial charge is 0.320 e. The molecule has 6 nitrogen and oxygen atoms in total. The van der Waals surface area contributed by atoms with E-state index in [1.165, 1.54) is 27.3 Å². The first-order chi connectivity index (χ1) is 13.9. The Morgan fingerprint density at radius 1 is 1.07 bits per heavy atom. The van der Waals surface area contributed by atoms with Crippen molar-refractivity contribution in [2.75, 3.05) is 0 Å². The van der Waals surface area contributed by atoms with Gasteiger partial charge < -0.3 is 4.57 Å². The molecule has 0 spiro atoms. The molecule has 0 aliphatic rings. The Balaban J connectivity index is 2.03. The Labute approximate surface area is 166 Å². The summed E-state index contributed by atoms with van der Waals surface area (Å²) < 4.78 is 18.1. The maximum Gasteiger partial charge on any atom is 0.337 e. The van der Waals surface area contributed by atoms with Crippen LogP contribution in [0.4, 0.5) is 4.39 Å². The summed E-state index contributed by atoms with van der Waals surface area (Å²) in [6.07, 6.45) is 1.55. The predicted octanol–water partition coefficient (Wildman–Crippen LogP) is 3.43. The van der Waals surface area contributed by atoms with Crippen molar-refractivity contribution in [2.45, 2.75) is 33.4 Å². The van der Waals surface area contributed by atoms with E-state index in [4.69, 9.17) is 0 Å². The van der Waals surface area contributed by atoms with Gasteiger partial charge in [-0.15, -0.1) is 0 Å². The van der Waals surface area contributed by atoms with Crippen LogP contribution in [0.25, 0.3) is 16.9 Å². The van der Waals surface area contributed by atoms with Crippen LogP contribution in [-0.4, -0.2) is 18.7 Å². The van der Waals surface area contributed by atoms with Crippen LogP contribution < -0.4 is 11.2 Å². The van der Waals surface area contributed by atoms with E-state index < -0.39 is 17.1 Å². The van der Waals surface area contributed by atoms with Crippen molar-refractivity contribution in [2.24, 2.45) is 0 Å². The van der Waals surface area contributed by atoms with Crippen molar-refractivity contribution >= 4 is 11.2 Å². The Kier molecular flexibility index (Phi) is 4.66. The summed E-state index contributed by atoms with van der Waals surface area (Å²) in [6, 6.07) is 13.3. The highest BCUT2D eigenvalue weighted by Crippen LogP contribution is 2.16. The third kappa shape index (κ3) is 3.29. The van der Waals surface area contributed by atoms with Gasteiger partial charge in [-0.2, -0.15) is 0 Å². The molecular weight excluding hydrogens is 371 g/mol. The van der Waals surface area contributed by atoms with E-state index in [0.29, 0.717) is 17.7 Å². The fourth-order valence-corrected chi connectivity index (χ4v) is 3.58. The number of rotatable bonds is 4. The highest BCUT2D eigenvalue weighted by atomic mass is 19.1. The van der Waals surface area contributed by atoms with Gasteiger partial charge in [-0.25, -0.2) is 18.7 Å². The maximum atomic E-state index is 13.8. The van der Waals surface area contributed by atoms with Gasteiger partial charge in [-0.1, -0.05) is 35.9 Å². The fourth-order valence-electron chi connectivity index (χ4n) is 3.58. The summed E-state index contributed by atoms with van der Waals surface area (Å²) in [4.78, 5) is 30.7. The van der Waals surface area contributed by atoms with Crippen molar-refractivity contribution in [3.63, 3.8) is 0 Å². The molecule has 0 fully saturated rings. The first-order valence-electron chi connectivity index (χ1n) is 9.40. The van der Waals surface area contributed by atoms with E-state index in [0.717, 1.165) is 11.1 Å². The first kappa shape index (κ1) is 18.9. The quantitative estimate of drug-likeness (QED) is 0.535. The molecule has 0 saturated carbocycles. The fraction of sp³-hybridized carbons (Fsp3) is 0.227. The van der Waals surface area contributed by atoms with Gasteiger partial charge >= 0.3 is 5.69 Å². The molecule has 7 heteroatoms. The van der Waals surface area contributed by atoms with Gasteiger partial charge in [0.05, 0.1) is 12.0 Å². The minimum Gasteiger partial charge on any atom is -0.320 e. The molecule has 2 aromatic carbocycles. The molecule has 0 aliphatic carbocycles. The van der Waals surface area contributed by atoms with Gasteiger partial charge in [0.25, 0.3) is 5.56 Å². The number of hydrogen-bond donors (Lipinski definition) is 0. The lowest BCUT2D eigenvalue weighted by Crippen LogP contribution is -2.41. The predicted molar refractivity (Wildman–Crippen MR) is 110 cm³/mol. The topological polar surface area (TPSA) is 61.8 Å². The summed E-state index contributed by atoms with van der Waals surface area (Å²) in [5, 5.41) is 0. The number of fused-ring (bicyclic) bond motifs is 1. The highest BCUT2D eigenvalue weighted by Gasteiger charge is 2.20. The molecule has 148 valence electrons. The van der Waals surface area contributed by atoms with Crippen molar-refractivity contribution in [3.8, 4) is 5.69 Å². The number of imidazole rings is 1. The van der Waals surface area contributed by atoms with Gasteiger partial charge in [0.1, 0.15) is 5.82 Å². The average molecular weight is 392 g/mol. The number of aryl methyl sites for hydroxylation is 1. The first-order valence-corrected chi connectivity index (χ1v) is 9.40. The van der Waals surface area contributed by atoms with E-state index in [2.05, 4.69) is 4.98 Å². The van der Waals surface area contributed by atoms with Crippen LogP contribution in [0.2, 0.25) is 0 Å². The Hall–Kier alpha value is -3.48. The van der Waals surface area contributed by atoms with Crippen molar-refractivity contribution < 1.29 is 4.39 Å². The molecular formula is C22H21FN4O2. The molecule has 0 radical (unpaired) electrons. The van der Waals surface area contributed by atoms with E-state index in [1.54, 1.807) is 30.8 Å². The molecule has 2 aromatic heterocycles. The summed E-state index contributed by atoms with van der Waals surface area (Å²) in [5.74, 6) is -0.468.